The highest BCUT2D eigenvalue weighted by molar-refractivity contribution is 5.78. The molecule has 1 aliphatic rings. The molecule has 0 heterocycles. The monoisotopic (exact) mass is 270 g/mol. The first-order valence-electron chi connectivity index (χ1n) is 6.07. The third-order valence-corrected chi connectivity index (χ3v) is 2.48. The third-order valence-electron chi connectivity index (χ3n) is 2.48. The summed E-state index contributed by atoms with van der Waals surface area (Å²) in [4.78, 5) is 23.2. The van der Waals surface area contributed by atoms with Crippen LogP contribution in [0, 0.1) is 23.2 Å². The summed E-state index contributed by atoms with van der Waals surface area (Å²) in [5.41, 5.74) is -0.660. The molecular weight excluding hydrogens is 248 g/mol. The number of ether oxygens (including phenoxy) is 2. The molecule has 0 aromatic carbocycles. The van der Waals surface area contributed by atoms with Crippen molar-refractivity contribution in [2.24, 2.45) is 11.8 Å². The molecule has 1 rings (SSSR count). The third kappa shape index (κ3) is 5.71. The maximum absolute atomic E-state index is 11.8. The van der Waals surface area contributed by atoms with Gasteiger partial charge in [0.15, 0.2) is 5.92 Å². The molecule has 3 N–H and O–H groups in total. The van der Waals surface area contributed by atoms with E-state index < -0.39 is 23.6 Å². The van der Waals surface area contributed by atoms with E-state index >= 15 is 0 Å². The molecular formula is C13H22N2O4. The summed E-state index contributed by atoms with van der Waals surface area (Å²) in [6.07, 6.45) is 0.877. The number of rotatable bonds is 4. The molecule has 108 valence electrons. The maximum atomic E-state index is 11.8. The molecule has 1 saturated carbocycles. The van der Waals surface area contributed by atoms with Crippen LogP contribution in [0.5, 0.6) is 0 Å². The Morgan fingerprint density at radius 2 is 1.84 bits per heavy atom. The van der Waals surface area contributed by atoms with Crippen molar-refractivity contribution in [3.8, 4) is 6.07 Å². The second-order valence-corrected chi connectivity index (χ2v) is 5.56. The molecule has 0 spiro atoms. The summed E-state index contributed by atoms with van der Waals surface area (Å²) in [6.45, 7) is 6.71. The van der Waals surface area contributed by atoms with Gasteiger partial charge < -0.3 is 15.6 Å². The molecule has 0 saturated heterocycles. The standard InChI is InChI=1S/C13H19NO4.H3N/c1-8(17-11(15)9-5-6-9)10(7-14)12(16)18-13(2,3)4;/h8-10H,5-6H2,1-4H3;1H3. The zero-order chi connectivity index (χ0) is 13.9. The largest absolute Gasteiger partial charge is 0.460 e. The minimum Gasteiger partial charge on any atom is -0.460 e. The van der Waals surface area contributed by atoms with Gasteiger partial charge in [-0.3, -0.25) is 9.59 Å². The summed E-state index contributed by atoms with van der Waals surface area (Å²) < 4.78 is 10.2. The molecule has 1 fully saturated rings. The molecule has 0 radical (unpaired) electrons. The molecule has 0 aromatic heterocycles. The summed E-state index contributed by atoms with van der Waals surface area (Å²) >= 11 is 0. The summed E-state index contributed by atoms with van der Waals surface area (Å²) in [5, 5.41) is 8.99. The van der Waals surface area contributed by atoms with Gasteiger partial charge in [0.1, 0.15) is 11.7 Å². The lowest BCUT2D eigenvalue weighted by Gasteiger charge is -2.23. The van der Waals surface area contributed by atoms with Crippen molar-refractivity contribution in [2.75, 3.05) is 0 Å². The van der Waals surface area contributed by atoms with Gasteiger partial charge in [0.25, 0.3) is 0 Å². The molecule has 6 nitrogen and oxygen atoms in total. The first-order chi connectivity index (χ1) is 8.24. The lowest BCUT2D eigenvalue weighted by molar-refractivity contribution is -0.165. The summed E-state index contributed by atoms with van der Waals surface area (Å²) in [7, 11) is 0. The average molecular weight is 270 g/mol. The van der Waals surface area contributed by atoms with E-state index in [2.05, 4.69) is 0 Å². The van der Waals surface area contributed by atoms with E-state index in [0.717, 1.165) is 12.8 Å². The van der Waals surface area contributed by atoms with Crippen molar-refractivity contribution < 1.29 is 19.1 Å². The van der Waals surface area contributed by atoms with Crippen molar-refractivity contribution >= 4 is 11.9 Å². The van der Waals surface area contributed by atoms with Crippen molar-refractivity contribution in [1.82, 2.24) is 6.15 Å². The van der Waals surface area contributed by atoms with E-state index in [1.54, 1.807) is 20.8 Å². The highest BCUT2D eigenvalue weighted by atomic mass is 16.6. The number of carbonyl (C=O) groups is 2. The van der Waals surface area contributed by atoms with Crippen LogP contribution in [-0.4, -0.2) is 23.6 Å². The van der Waals surface area contributed by atoms with Gasteiger partial charge in [-0.1, -0.05) is 0 Å². The van der Waals surface area contributed by atoms with Gasteiger partial charge in [-0.15, -0.1) is 0 Å². The minimum atomic E-state index is -1.08. The predicted molar refractivity (Wildman–Crippen MR) is 68.2 cm³/mol. The van der Waals surface area contributed by atoms with Crippen LogP contribution in [0.1, 0.15) is 40.5 Å². The molecule has 1 aliphatic carbocycles. The number of hydrogen-bond donors (Lipinski definition) is 1. The lowest BCUT2D eigenvalue weighted by atomic mass is 10.1. The Bertz CT molecular complexity index is 377. The minimum absolute atomic E-state index is 0. The number of nitrogens with zero attached hydrogens (tertiary/aromatic N) is 1. The Hall–Kier alpha value is -1.61. The highest BCUT2D eigenvalue weighted by Gasteiger charge is 2.36. The van der Waals surface area contributed by atoms with E-state index in [-0.39, 0.29) is 18.0 Å². The molecule has 0 amide bonds. The average Bonchev–Trinajstić information content (AvgIpc) is 2.97. The van der Waals surface area contributed by atoms with E-state index in [1.165, 1.54) is 6.92 Å². The van der Waals surface area contributed by atoms with Crippen LogP contribution < -0.4 is 6.15 Å². The Morgan fingerprint density at radius 1 is 1.32 bits per heavy atom. The smallest absolute Gasteiger partial charge is 0.327 e. The molecule has 19 heavy (non-hydrogen) atoms. The zero-order valence-electron chi connectivity index (χ0n) is 11.9. The first-order valence-corrected chi connectivity index (χ1v) is 6.07. The Labute approximate surface area is 113 Å². The Morgan fingerprint density at radius 3 is 2.21 bits per heavy atom. The molecule has 2 atom stereocenters. The SMILES string of the molecule is CC(OC(=O)C1CC1)C(C#N)C(=O)OC(C)(C)C.N. The van der Waals surface area contributed by atoms with Crippen LogP contribution in [0.15, 0.2) is 0 Å². The topological polar surface area (TPSA) is 111 Å². The van der Waals surface area contributed by atoms with Gasteiger partial charge in [-0.05, 0) is 40.5 Å². The van der Waals surface area contributed by atoms with Gasteiger partial charge in [0, 0.05) is 0 Å². The second kappa shape index (κ2) is 6.53. The van der Waals surface area contributed by atoms with Gasteiger partial charge in [0.2, 0.25) is 0 Å². The molecule has 6 heteroatoms. The number of nitriles is 1. The van der Waals surface area contributed by atoms with Crippen LogP contribution >= 0.6 is 0 Å². The number of esters is 2. The van der Waals surface area contributed by atoms with Crippen molar-refractivity contribution in [3.63, 3.8) is 0 Å². The molecule has 2 unspecified atom stereocenters. The van der Waals surface area contributed by atoms with Gasteiger partial charge in [-0.25, -0.2) is 0 Å². The van der Waals surface area contributed by atoms with E-state index in [9.17, 15) is 9.59 Å². The van der Waals surface area contributed by atoms with Crippen molar-refractivity contribution in [2.45, 2.75) is 52.2 Å². The summed E-state index contributed by atoms with van der Waals surface area (Å²) in [5.74, 6) is -2.11. The second-order valence-electron chi connectivity index (χ2n) is 5.56. The van der Waals surface area contributed by atoms with Crippen LogP contribution in [0.3, 0.4) is 0 Å². The highest BCUT2D eigenvalue weighted by Crippen LogP contribution is 2.31. The number of carbonyl (C=O) groups excluding carboxylic acids is 2. The van der Waals surface area contributed by atoms with E-state index in [4.69, 9.17) is 14.7 Å². The Balaban J connectivity index is 0.00000324. The quantitative estimate of drug-likeness (QED) is 0.781. The molecule has 0 aliphatic heterocycles. The van der Waals surface area contributed by atoms with Crippen LogP contribution in [0.4, 0.5) is 0 Å². The zero-order valence-corrected chi connectivity index (χ0v) is 11.9. The summed E-state index contributed by atoms with van der Waals surface area (Å²) in [6, 6.07) is 1.84. The van der Waals surface area contributed by atoms with E-state index in [0.29, 0.717) is 0 Å². The van der Waals surface area contributed by atoms with E-state index in [1.807, 2.05) is 6.07 Å². The van der Waals surface area contributed by atoms with Crippen molar-refractivity contribution in [3.05, 3.63) is 0 Å². The van der Waals surface area contributed by atoms with Crippen LogP contribution in [0.25, 0.3) is 0 Å². The van der Waals surface area contributed by atoms with Gasteiger partial charge >= 0.3 is 11.9 Å². The fraction of sp³-hybridized carbons (Fsp3) is 0.769. The fourth-order valence-corrected chi connectivity index (χ4v) is 1.38. The maximum Gasteiger partial charge on any atom is 0.327 e. The fourth-order valence-electron chi connectivity index (χ4n) is 1.38. The van der Waals surface area contributed by atoms with Crippen molar-refractivity contribution in [1.29, 1.82) is 5.26 Å². The van der Waals surface area contributed by atoms with Crippen LogP contribution in [0.2, 0.25) is 0 Å². The lowest BCUT2D eigenvalue weighted by Crippen LogP contribution is -2.35. The van der Waals surface area contributed by atoms with Crippen LogP contribution in [-0.2, 0) is 19.1 Å². The predicted octanol–water partition coefficient (Wildman–Crippen LogP) is 1.97. The normalized spacial score (nSPS) is 17.4. The Kier molecular flexibility index (Phi) is 5.97. The number of hydrogen-bond acceptors (Lipinski definition) is 6. The molecule has 0 aromatic rings. The molecule has 0 bridgehead atoms. The van der Waals surface area contributed by atoms with Gasteiger partial charge in [0.05, 0.1) is 12.0 Å². The first kappa shape index (κ1) is 17.4. The van der Waals surface area contributed by atoms with Gasteiger partial charge in [-0.2, -0.15) is 5.26 Å².